The lowest BCUT2D eigenvalue weighted by molar-refractivity contribution is 0.0943. The molecule has 126 valence electrons. The maximum Gasteiger partial charge on any atom is 0.256 e. The van der Waals surface area contributed by atoms with E-state index in [1.807, 2.05) is 24.4 Å². The van der Waals surface area contributed by atoms with Gasteiger partial charge in [0.05, 0.1) is 12.8 Å². The van der Waals surface area contributed by atoms with E-state index in [9.17, 15) is 4.79 Å². The molecule has 1 N–H and O–H groups in total. The van der Waals surface area contributed by atoms with Gasteiger partial charge >= 0.3 is 0 Å². The second-order valence-corrected chi connectivity index (χ2v) is 5.98. The zero-order valence-corrected chi connectivity index (χ0v) is 13.8. The fraction of sp³-hybridized carbons (Fsp3) is 0.389. The second kappa shape index (κ2) is 7.88. The predicted molar refractivity (Wildman–Crippen MR) is 90.7 cm³/mol. The molecule has 0 saturated carbocycles. The molecule has 0 unspecified atom stereocenters. The van der Waals surface area contributed by atoms with Crippen LogP contribution in [0.5, 0.6) is 5.88 Å². The summed E-state index contributed by atoms with van der Waals surface area (Å²) in [6.45, 7) is 3.53. The molecule has 1 aliphatic heterocycles. The minimum Gasteiger partial charge on any atom is -0.480 e. The van der Waals surface area contributed by atoms with Crippen LogP contribution in [0.15, 0.2) is 42.7 Å². The van der Waals surface area contributed by atoms with E-state index in [1.54, 1.807) is 18.3 Å². The van der Waals surface area contributed by atoms with Crippen molar-refractivity contribution in [2.24, 2.45) is 5.92 Å². The van der Waals surface area contributed by atoms with Crippen LogP contribution < -0.4 is 10.1 Å². The first-order chi connectivity index (χ1) is 11.8. The summed E-state index contributed by atoms with van der Waals surface area (Å²) < 4.78 is 5.13. The van der Waals surface area contributed by atoms with E-state index in [1.165, 1.54) is 7.11 Å². The Morgan fingerprint density at radius 1 is 1.29 bits per heavy atom. The first-order valence-corrected chi connectivity index (χ1v) is 8.15. The highest BCUT2D eigenvalue weighted by molar-refractivity contribution is 5.96. The summed E-state index contributed by atoms with van der Waals surface area (Å²) in [6.07, 6.45) is 4.52. The van der Waals surface area contributed by atoms with Crippen molar-refractivity contribution in [3.63, 3.8) is 0 Å². The molecule has 2 aromatic rings. The summed E-state index contributed by atoms with van der Waals surface area (Å²) >= 11 is 0. The molecule has 2 aromatic heterocycles. The maximum absolute atomic E-state index is 12.3. The highest BCUT2D eigenvalue weighted by atomic mass is 16.5. The summed E-state index contributed by atoms with van der Waals surface area (Å²) in [7, 11) is 1.52. The third kappa shape index (κ3) is 4.08. The topological polar surface area (TPSA) is 67.3 Å². The summed E-state index contributed by atoms with van der Waals surface area (Å²) in [5.41, 5.74) is 1.56. The zero-order valence-electron chi connectivity index (χ0n) is 13.8. The highest BCUT2D eigenvalue weighted by Crippen LogP contribution is 2.18. The van der Waals surface area contributed by atoms with E-state index in [-0.39, 0.29) is 5.91 Å². The van der Waals surface area contributed by atoms with Gasteiger partial charge in [0.25, 0.3) is 5.91 Å². The standard InChI is InChI=1S/C18H22N4O2/c1-24-18-16(6-4-9-20-18)17(23)21-11-14-7-10-22(12-14)13-15-5-2-3-8-19-15/h2-6,8-9,14H,7,10-13H2,1H3,(H,21,23)/t14-/m0/s1. The van der Waals surface area contributed by atoms with Gasteiger partial charge in [-0.15, -0.1) is 0 Å². The number of nitrogens with one attached hydrogen (secondary N) is 1. The molecule has 1 aliphatic rings. The van der Waals surface area contributed by atoms with Gasteiger partial charge in [-0.25, -0.2) is 4.98 Å². The quantitative estimate of drug-likeness (QED) is 0.876. The van der Waals surface area contributed by atoms with E-state index in [0.717, 1.165) is 31.7 Å². The molecule has 0 spiro atoms. The van der Waals surface area contributed by atoms with E-state index in [4.69, 9.17) is 4.74 Å². The first kappa shape index (κ1) is 16.4. The molecular formula is C18H22N4O2. The van der Waals surface area contributed by atoms with Crippen molar-refractivity contribution < 1.29 is 9.53 Å². The number of carbonyl (C=O) groups is 1. The number of pyridine rings is 2. The van der Waals surface area contributed by atoms with Gasteiger partial charge in [-0.1, -0.05) is 6.07 Å². The minimum absolute atomic E-state index is 0.136. The van der Waals surface area contributed by atoms with Gasteiger partial charge in [0.2, 0.25) is 5.88 Å². The number of hydrogen-bond acceptors (Lipinski definition) is 5. The Kier molecular flexibility index (Phi) is 5.38. The summed E-state index contributed by atoms with van der Waals surface area (Å²) in [4.78, 5) is 23.1. The molecule has 1 fully saturated rings. The summed E-state index contributed by atoms with van der Waals surface area (Å²) in [6, 6.07) is 9.45. The third-order valence-electron chi connectivity index (χ3n) is 4.24. The zero-order chi connectivity index (χ0) is 16.8. The molecular weight excluding hydrogens is 304 g/mol. The molecule has 24 heavy (non-hydrogen) atoms. The molecule has 3 rings (SSSR count). The van der Waals surface area contributed by atoms with Crippen LogP contribution in [0.4, 0.5) is 0 Å². The Bertz CT molecular complexity index is 678. The van der Waals surface area contributed by atoms with E-state index >= 15 is 0 Å². The first-order valence-electron chi connectivity index (χ1n) is 8.15. The van der Waals surface area contributed by atoms with Crippen LogP contribution in [0.1, 0.15) is 22.5 Å². The van der Waals surface area contributed by atoms with Crippen molar-refractivity contribution in [1.82, 2.24) is 20.2 Å². The van der Waals surface area contributed by atoms with Crippen molar-refractivity contribution in [3.8, 4) is 5.88 Å². The fourth-order valence-corrected chi connectivity index (χ4v) is 3.00. The Balaban J connectivity index is 1.48. The van der Waals surface area contributed by atoms with E-state index in [0.29, 0.717) is 23.9 Å². The average Bonchev–Trinajstić information content (AvgIpc) is 3.08. The van der Waals surface area contributed by atoms with Gasteiger partial charge < -0.3 is 10.1 Å². The average molecular weight is 326 g/mol. The fourth-order valence-electron chi connectivity index (χ4n) is 3.00. The van der Waals surface area contributed by atoms with Crippen LogP contribution in [0.3, 0.4) is 0 Å². The number of hydrogen-bond donors (Lipinski definition) is 1. The van der Waals surface area contributed by atoms with Crippen LogP contribution >= 0.6 is 0 Å². The lowest BCUT2D eigenvalue weighted by Crippen LogP contribution is -2.31. The molecule has 3 heterocycles. The molecule has 1 atom stereocenters. The normalized spacial score (nSPS) is 17.6. The molecule has 0 aromatic carbocycles. The van der Waals surface area contributed by atoms with Gasteiger partial charge in [0.15, 0.2) is 0 Å². The lowest BCUT2D eigenvalue weighted by Gasteiger charge is -2.16. The number of ether oxygens (including phenoxy) is 1. The highest BCUT2D eigenvalue weighted by Gasteiger charge is 2.23. The third-order valence-corrected chi connectivity index (χ3v) is 4.24. The van der Waals surface area contributed by atoms with Crippen LogP contribution in [0.2, 0.25) is 0 Å². The Morgan fingerprint density at radius 2 is 2.17 bits per heavy atom. The minimum atomic E-state index is -0.136. The molecule has 6 heteroatoms. The van der Waals surface area contributed by atoms with Crippen molar-refractivity contribution >= 4 is 5.91 Å². The van der Waals surface area contributed by atoms with Crippen LogP contribution in [0, 0.1) is 5.92 Å². The molecule has 0 bridgehead atoms. The van der Waals surface area contributed by atoms with Crippen molar-refractivity contribution in [2.75, 3.05) is 26.7 Å². The number of rotatable bonds is 6. The SMILES string of the molecule is COc1ncccc1C(=O)NC[C@@H]1CCN(Cc2ccccn2)C1. The molecule has 1 amide bonds. The maximum atomic E-state index is 12.3. The van der Waals surface area contributed by atoms with Gasteiger partial charge in [-0.2, -0.15) is 0 Å². The number of likely N-dealkylation sites (tertiary alicyclic amines) is 1. The number of aromatic nitrogens is 2. The van der Waals surface area contributed by atoms with Gasteiger partial charge in [-0.3, -0.25) is 14.7 Å². The number of carbonyl (C=O) groups excluding carboxylic acids is 1. The number of nitrogens with zero attached hydrogens (tertiary/aromatic N) is 3. The number of methoxy groups -OCH3 is 1. The molecule has 0 radical (unpaired) electrons. The number of amides is 1. The van der Waals surface area contributed by atoms with Gasteiger partial charge in [0.1, 0.15) is 5.56 Å². The predicted octanol–water partition coefficient (Wildman–Crippen LogP) is 1.74. The molecule has 1 saturated heterocycles. The van der Waals surface area contributed by atoms with Crippen LogP contribution in [-0.2, 0) is 6.54 Å². The van der Waals surface area contributed by atoms with Gasteiger partial charge in [-0.05, 0) is 43.1 Å². The Labute approximate surface area is 141 Å². The van der Waals surface area contributed by atoms with E-state index in [2.05, 4.69) is 20.2 Å². The van der Waals surface area contributed by atoms with E-state index < -0.39 is 0 Å². The monoisotopic (exact) mass is 326 g/mol. The van der Waals surface area contributed by atoms with Crippen LogP contribution in [-0.4, -0.2) is 47.5 Å². The largest absolute Gasteiger partial charge is 0.480 e. The Hall–Kier alpha value is -2.47. The van der Waals surface area contributed by atoms with Gasteiger partial charge in [0, 0.05) is 32.0 Å². The van der Waals surface area contributed by atoms with Crippen molar-refractivity contribution in [1.29, 1.82) is 0 Å². The van der Waals surface area contributed by atoms with Crippen molar-refractivity contribution in [2.45, 2.75) is 13.0 Å². The molecule has 0 aliphatic carbocycles. The summed E-state index contributed by atoms with van der Waals surface area (Å²) in [5, 5.41) is 3.00. The smallest absolute Gasteiger partial charge is 0.256 e. The van der Waals surface area contributed by atoms with Crippen LogP contribution in [0.25, 0.3) is 0 Å². The summed E-state index contributed by atoms with van der Waals surface area (Å²) in [5.74, 6) is 0.682. The molecule has 6 nitrogen and oxygen atoms in total. The van der Waals surface area contributed by atoms with Crippen molar-refractivity contribution in [3.05, 3.63) is 54.0 Å². The lowest BCUT2D eigenvalue weighted by atomic mass is 10.1. The second-order valence-electron chi connectivity index (χ2n) is 5.98. The Morgan fingerprint density at radius 3 is 2.96 bits per heavy atom.